The second-order valence-electron chi connectivity index (χ2n) is 4.66. The first-order valence-electron chi connectivity index (χ1n) is 6.36. The lowest BCUT2D eigenvalue weighted by Crippen LogP contribution is -2.48. The quantitative estimate of drug-likeness (QED) is 0.868. The molecular formula is C13H13ClN2O5S. The predicted molar refractivity (Wildman–Crippen MR) is 76.9 cm³/mol. The molecule has 2 rings (SSSR count). The van der Waals surface area contributed by atoms with Crippen molar-refractivity contribution in [2.45, 2.75) is 17.4 Å². The molecule has 1 N–H and O–H groups in total. The van der Waals surface area contributed by atoms with Gasteiger partial charge in [0.1, 0.15) is 4.90 Å². The van der Waals surface area contributed by atoms with Gasteiger partial charge in [-0.05, 0) is 17.7 Å². The fraction of sp³-hybridized carbons (Fsp3) is 0.385. The van der Waals surface area contributed by atoms with Crippen molar-refractivity contribution in [3.8, 4) is 6.07 Å². The average molecular weight is 345 g/mol. The standard InChI is InChI=1S/C13H13ClN2O5S/c14-10-7-9(3-4-15)1-2-12(10)22(19,20)16-5-6-21-11(8-16)13(17)18/h1-2,7,11H,3,5-6,8H2,(H,17,18). The number of morpholine rings is 1. The Balaban J connectivity index is 2.30. The fourth-order valence-electron chi connectivity index (χ4n) is 2.09. The first-order chi connectivity index (χ1) is 10.4. The molecule has 1 aliphatic rings. The van der Waals surface area contributed by atoms with Crippen LogP contribution in [0.5, 0.6) is 0 Å². The van der Waals surface area contributed by atoms with Gasteiger partial charge in [0.05, 0.1) is 30.7 Å². The van der Waals surface area contributed by atoms with E-state index in [2.05, 4.69) is 0 Å². The van der Waals surface area contributed by atoms with Gasteiger partial charge in [0.2, 0.25) is 10.0 Å². The minimum atomic E-state index is -3.92. The molecule has 0 radical (unpaired) electrons. The van der Waals surface area contributed by atoms with Crippen molar-refractivity contribution >= 4 is 27.6 Å². The highest BCUT2D eigenvalue weighted by atomic mass is 35.5. The van der Waals surface area contributed by atoms with Crippen LogP contribution in [0.25, 0.3) is 0 Å². The third kappa shape index (κ3) is 3.39. The normalized spacial score (nSPS) is 19.5. The van der Waals surface area contributed by atoms with Crippen LogP contribution in [-0.4, -0.2) is 49.6 Å². The molecule has 0 saturated carbocycles. The highest BCUT2D eigenvalue weighted by Gasteiger charge is 2.34. The summed E-state index contributed by atoms with van der Waals surface area (Å²) < 4.78 is 31.2. The van der Waals surface area contributed by atoms with Crippen molar-refractivity contribution in [3.63, 3.8) is 0 Å². The van der Waals surface area contributed by atoms with E-state index in [-0.39, 0.29) is 36.0 Å². The number of carboxylic acid groups (broad SMARTS) is 1. The molecule has 1 unspecified atom stereocenters. The van der Waals surface area contributed by atoms with Crippen LogP contribution in [0.1, 0.15) is 5.56 Å². The fourth-order valence-corrected chi connectivity index (χ4v) is 4.05. The Hall–Kier alpha value is -1.66. The zero-order valence-electron chi connectivity index (χ0n) is 11.4. The van der Waals surface area contributed by atoms with E-state index in [0.29, 0.717) is 5.56 Å². The lowest BCUT2D eigenvalue weighted by molar-refractivity contribution is -0.153. The zero-order chi connectivity index (χ0) is 16.3. The van der Waals surface area contributed by atoms with Crippen LogP contribution in [-0.2, 0) is 26.0 Å². The molecule has 0 aromatic heterocycles. The average Bonchev–Trinajstić information content (AvgIpc) is 2.47. The molecule has 1 aliphatic heterocycles. The SMILES string of the molecule is N#CCc1ccc(S(=O)(=O)N2CCOC(C(=O)O)C2)c(Cl)c1. The number of halogens is 1. The number of nitrogens with zero attached hydrogens (tertiary/aromatic N) is 2. The molecule has 1 saturated heterocycles. The van der Waals surface area contributed by atoms with E-state index in [4.69, 9.17) is 26.7 Å². The van der Waals surface area contributed by atoms with Gasteiger partial charge >= 0.3 is 5.97 Å². The van der Waals surface area contributed by atoms with Gasteiger partial charge in [0.25, 0.3) is 0 Å². The molecule has 1 aromatic rings. The summed E-state index contributed by atoms with van der Waals surface area (Å²) in [6.45, 7) is -0.212. The predicted octanol–water partition coefficient (Wildman–Crippen LogP) is 0.880. The summed E-state index contributed by atoms with van der Waals surface area (Å²) in [5.41, 5.74) is 0.608. The van der Waals surface area contributed by atoms with Crippen molar-refractivity contribution in [2.75, 3.05) is 19.7 Å². The van der Waals surface area contributed by atoms with E-state index in [1.54, 1.807) is 0 Å². The Kier molecular flexibility index (Phi) is 5.03. The van der Waals surface area contributed by atoms with Crippen LogP contribution in [0, 0.1) is 11.3 Å². The smallest absolute Gasteiger partial charge is 0.334 e. The number of carbonyl (C=O) groups is 1. The van der Waals surface area contributed by atoms with Gasteiger partial charge in [-0.15, -0.1) is 0 Å². The molecule has 118 valence electrons. The van der Waals surface area contributed by atoms with E-state index in [1.807, 2.05) is 6.07 Å². The second kappa shape index (κ2) is 6.62. The van der Waals surface area contributed by atoms with Crippen LogP contribution in [0.3, 0.4) is 0 Å². The molecule has 0 aliphatic carbocycles. The largest absolute Gasteiger partial charge is 0.479 e. The van der Waals surface area contributed by atoms with Gasteiger partial charge in [-0.25, -0.2) is 13.2 Å². The Morgan fingerprint density at radius 3 is 2.86 bits per heavy atom. The number of nitriles is 1. The summed E-state index contributed by atoms with van der Waals surface area (Å²) in [7, 11) is -3.92. The lowest BCUT2D eigenvalue weighted by atomic mass is 10.2. The number of carboxylic acids is 1. The molecule has 9 heteroatoms. The highest BCUT2D eigenvalue weighted by molar-refractivity contribution is 7.89. The van der Waals surface area contributed by atoms with Gasteiger partial charge in [-0.3, -0.25) is 0 Å². The van der Waals surface area contributed by atoms with Crippen molar-refractivity contribution in [2.24, 2.45) is 0 Å². The second-order valence-corrected chi connectivity index (χ2v) is 6.97. The number of aliphatic carboxylic acids is 1. The van der Waals surface area contributed by atoms with Crippen LogP contribution in [0.4, 0.5) is 0 Å². The monoisotopic (exact) mass is 344 g/mol. The van der Waals surface area contributed by atoms with E-state index in [1.165, 1.54) is 18.2 Å². The van der Waals surface area contributed by atoms with Crippen LogP contribution >= 0.6 is 11.6 Å². The Labute approximate surface area is 132 Å². The summed E-state index contributed by atoms with van der Waals surface area (Å²) in [5.74, 6) is -1.21. The summed E-state index contributed by atoms with van der Waals surface area (Å²) in [6, 6.07) is 6.21. The summed E-state index contributed by atoms with van der Waals surface area (Å²) in [6.07, 6.45) is -1.07. The molecular weight excluding hydrogens is 332 g/mol. The Morgan fingerprint density at radius 1 is 1.55 bits per heavy atom. The van der Waals surface area contributed by atoms with Crippen molar-refractivity contribution < 1.29 is 23.1 Å². The third-order valence-electron chi connectivity index (χ3n) is 3.20. The van der Waals surface area contributed by atoms with E-state index in [9.17, 15) is 13.2 Å². The maximum atomic E-state index is 12.6. The van der Waals surface area contributed by atoms with Crippen LogP contribution < -0.4 is 0 Å². The first kappa shape index (κ1) is 16.7. The Bertz CT molecular complexity index is 728. The third-order valence-corrected chi connectivity index (χ3v) is 5.55. The van der Waals surface area contributed by atoms with Crippen molar-refractivity contribution in [1.82, 2.24) is 4.31 Å². The lowest BCUT2D eigenvalue weighted by Gasteiger charge is -2.30. The zero-order valence-corrected chi connectivity index (χ0v) is 13.0. The highest BCUT2D eigenvalue weighted by Crippen LogP contribution is 2.27. The number of ether oxygens (including phenoxy) is 1. The van der Waals surface area contributed by atoms with Crippen LogP contribution in [0.2, 0.25) is 5.02 Å². The Morgan fingerprint density at radius 2 is 2.27 bits per heavy atom. The minimum absolute atomic E-state index is 0.000329. The van der Waals surface area contributed by atoms with Crippen molar-refractivity contribution in [3.05, 3.63) is 28.8 Å². The number of sulfonamides is 1. The molecule has 1 heterocycles. The van der Waals surface area contributed by atoms with Gasteiger partial charge < -0.3 is 9.84 Å². The van der Waals surface area contributed by atoms with Gasteiger partial charge in [0.15, 0.2) is 6.10 Å². The molecule has 0 amide bonds. The molecule has 22 heavy (non-hydrogen) atoms. The van der Waals surface area contributed by atoms with E-state index in [0.717, 1.165) is 4.31 Å². The molecule has 0 bridgehead atoms. The number of benzene rings is 1. The summed E-state index contributed by atoms with van der Waals surface area (Å²) in [5, 5.41) is 17.6. The first-order valence-corrected chi connectivity index (χ1v) is 8.18. The molecule has 0 spiro atoms. The molecule has 7 nitrogen and oxygen atoms in total. The van der Waals surface area contributed by atoms with Gasteiger partial charge in [0, 0.05) is 6.54 Å². The summed E-state index contributed by atoms with van der Waals surface area (Å²) >= 11 is 6.00. The number of hydrogen-bond donors (Lipinski definition) is 1. The van der Waals surface area contributed by atoms with E-state index < -0.39 is 22.1 Å². The van der Waals surface area contributed by atoms with Gasteiger partial charge in [-0.2, -0.15) is 9.57 Å². The topological polar surface area (TPSA) is 108 Å². The number of rotatable bonds is 4. The maximum Gasteiger partial charge on any atom is 0.334 e. The summed E-state index contributed by atoms with van der Waals surface area (Å²) in [4.78, 5) is 10.8. The van der Waals surface area contributed by atoms with Gasteiger partial charge in [-0.1, -0.05) is 17.7 Å². The molecule has 1 fully saturated rings. The van der Waals surface area contributed by atoms with Crippen LogP contribution in [0.15, 0.2) is 23.1 Å². The number of hydrogen-bond acceptors (Lipinski definition) is 5. The van der Waals surface area contributed by atoms with E-state index >= 15 is 0 Å². The van der Waals surface area contributed by atoms with Crippen molar-refractivity contribution in [1.29, 1.82) is 5.26 Å². The minimum Gasteiger partial charge on any atom is -0.479 e. The molecule has 1 atom stereocenters. The maximum absolute atomic E-state index is 12.6. The molecule has 1 aromatic carbocycles.